The number of primary amides is 1. The van der Waals surface area contributed by atoms with E-state index in [9.17, 15) is 14.4 Å². The molecule has 5 rings (SSSR count). The largest absolute Gasteiger partial charge is 0.488 e. The van der Waals surface area contributed by atoms with Crippen molar-refractivity contribution in [3.05, 3.63) is 97.7 Å². The summed E-state index contributed by atoms with van der Waals surface area (Å²) in [7, 11) is 3.20. The number of rotatable bonds is 6. The van der Waals surface area contributed by atoms with Crippen LogP contribution in [0, 0.1) is 0 Å². The Morgan fingerprint density at radius 2 is 1.74 bits per heavy atom. The number of amides is 1. The van der Waals surface area contributed by atoms with Gasteiger partial charge in [0.1, 0.15) is 18.2 Å². The van der Waals surface area contributed by atoms with Crippen molar-refractivity contribution in [2.75, 3.05) is 37.6 Å². The predicted molar refractivity (Wildman–Crippen MR) is 147 cm³/mol. The molecule has 3 aromatic rings. The molecule has 3 heterocycles. The van der Waals surface area contributed by atoms with Gasteiger partial charge in [-0.25, -0.2) is 4.79 Å². The molecule has 2 aliphatic rings. The lowest BCUT2D eigenvalue weighted by molar-refractivity contribution is -0.117. The minimum absolute atomic E-state index is 0.186. The van der Waals surface area contributed by atoms with E-state index in [1.165, 1.54) is 17.7 Å². The summed E-state index contributed by atoms with van der Waals surface area (Å²) in [6, 6.07) is 15.6. The molecular formula is C29H33N5O4. The zero-order valence-corrected chi connectivity index (χ0v) is 21.9. The number of benzene rings is 2. The lowest BCUT2D eigenvalue weighted by atomic mass is 9.92. The van der Waals surface area contributed by atoms with Gasteiger partial charge in [0.05, 0.1) is 6.42 Å². The van der Waals surface area contributed by atoms with Gasteiger partial charge in [-0.15, -0.1) is 0 Å². The maximum atomic E-state index is 12.3. The second-order valence-corrected chi connectivity index (χ2v) is 9.90. The van der Waals surface area contributed by atoms with Crippen LogP contribution < -0.4 is 26.6 Å². The van der Waals surface area contributed by atoms with Crippen molar-refractivity contribution in [3.63, 3.8) is 0 Å². The van der Waals surface area contributed by atoms with Gasteiger partial charge in [0.25, 0.3) is 5.56 Å². The number of ether oxygens (including phenoxy) is 1. The number of hydrogen-bond donors (Lipinski definition) is 1. The molecule has 0 bridgehead atoms. The molecule has 0 saturated carbocycles. The smallest absolute Gasteiger partial charge is 0.332 e. The number of nitrogens with zero attached hydrogens (tertiary/aromatic N) is 4. The van der Waals surface area contributed by atoms with Gasteiger partial charge in [0, 0.05) is 58.4 Å². The molecule has 1 amide bonds. The molecule has 38 heavy (non-hydrogen) atoms. The maximum absolute atomic E-state index is 12.3. The summed E-state index contributed by atoms with van der Waals surface area (Å²) in [5.74, 6) is 1.10. The summed E-state index contributed by atoms with van der Waals surface area (Å²) in [6.45, 7) is 4.53. The van der Waals surface area contributed by atoms with Crippen molar-refractivity contribution < 1.29 is 9.53 Å². The van der Waals surface area contributed by atoms with Gasteiger partial charge in [0.15, 0.2) is 0 Å². The summed E-state index contributed by atoms with van der Waals surface area (Å²) >= 11 is 0. The molecule has 2 N–H and O–H groups in total. The van der Waals surface area contributed by atoms with Crippen molar-refractivity contribution in [1.29, 1.82) is 0 Å². The van der Waals surface area contributed by atoms with Crippen molar-refractivity contribution >= 4 is 17.3 Å². The number of carbonyl (C=O) groups excluding carboxylic acids is 1. The first-order chi connectivity index (χ1) is 18.3. The molecular weight excluding hydrogens is 482 g/mol. The lowest BCUT2D eigenvalue weighted by Crippen LogP contribution is -2.49. The number of fused-ring (bicyclic) bond motifs is 2. The third-order valence-corrected chi connectivity index (χ3v) is 7.39. The van der Waals surface area contributed by atoms with Crippen LogP contribution in [0.5, 0.6) is 5.75 Å². The number of anilines is 1. The van der Waals surface area contributed by atoms with E-state index in [0.29, 0.717) is 12.4 Å². The van der Waals surface area contributed by atoms with Gasteiger partial charge in [-0.3, -0.25) is 23.6 Å². The second kappa shape index (κ2) is 10.7. The molecule has 0 atom stereocenters. The summed E-state index contributed by atoms with van der Waals surface area (Å²) in [5.41, 5.74) is 10.1. The van der Waals surface area contributed by atoms with E-state index in [0.717, 1.165) is 77.3 Å². The normalized spacial score (nSPS) is 16.5. The fraction of sp³-hybridized carbons (Fsp3) is 0.345. The van der Waals surface area contributed by atoms with Crippen molar-refractivity contribution in [2.45, 2.75) is 19.4 Å². The SMILES string of the molecule is Cn1c(N2CCN(CC/C=C3/c4ccccc4COc4ccc(CC(N)=O)cc43)CC2)cc(=O)n(C)c1=O. The fourth-order valence-corrected chi connectivity index (χ4v) is 5.27. The molecule has 9 heteroatoms. The summed E-state index contributed by atoms with van der Waals surface area (Å²) in [4.78, 5) is 40.5. The first-order valence-electron chi connectivity index (χ1n) is 12.9. The Bertz CT molecular complexity index is 1510. The van der Waals surface area contributed by atoms with Crippen LogP contribution in [0.25, 0.3) is 5.57 Å². The van der Waals surface area contributed by atoms with E-state index < -0.39 is 0 Å². The van der Waals surface area contributed by atoms with Crippen LogP contribution in [0.4, 0.5) is 5.82 Å². The van der Waals surface area contributed by atoms with Gasteiger partial charge in [0.2, 0.25) is 5.91 Å². The Hall–Kier alpha value is -4.11. The zero-order chi connectivity index (χ0) is 26.8. The number of aromatic nitrogens is 2. The number of carbonyl (C=O) groups is 1. The standard InChI is InChI=1S/C29H33N5O4/c1-31-27(18-28(36)32(2)29(31)37)34-14-12-33(13-15-34)11-5-8-23-22-7-4-3-6-21(22)19-38-25-10-9-20(16-24(23)25)17-26(30)35/h3-4,6-10,16,18H,5,11-15,17,19H2,1-2H3,(H2,30,35)/b23-8-. The zero-order valence-electron chi connectivity index (χ0n) is 21.9. The molecule has 0 unspecified atom stereocenters. The highest BCUT2D eigenvalue weighted by Crippen LogP contribution is 2.37. The molecule has 198 valence electrons. The second-order valence-electron chi connectivity index (χ2n) is 9.90. The van der Waals surface area contributed by atoms with Crippen molar-refractivity contribution in [1.82, 2.24) is 14.0 Å². The Kier molecular flexibility index (Phi) is 7.20. The summed E-state index contributed by atoms with van der Waals surface area (Å²) in [6.07, 6.45) is 3.29. The van der Waals surface area contributed by atoms with E-state index in [1.807, 2.05) is 30.3 Å². The Balaban J connectivity index is 1.32. The minimum atomic E-state index is -0.361. The van der Waals surface area contributed by atoms with Gasteiger partial charge in [-0.1, -0.05) is 36.4 Å². The molecule has 1 fully saturated rings. The van der Waals surface area contributed by atoms with Crippen LogP contribution in [-0.2, 0) is 31.9 Å². The van der Waals surface area contributed by atoms with E-state index in [4.69, 9.17) is 10.5 Å². The number of nitrogens with two attached hydrogens (primary N) is 1. The third kappa shape index (κ3) is 5.15. The quantitative estimate of drug-likeness (QED) is 0.536. The number of piperazine rings is 1. The van der Waals surface area contributed by atoms with Gasteiger partial charge >= 0.3 is 5.69 Å². The van der Waals surface area contributed by atoms with Crippen LogP contribution in [0.1, 0.15) is 28.7 Å². The molecule has 0 radical (unpaired) electrons. The fourth-order valence-electron chi connectivity index (χ4n) is 5.27. The predicted octanol–water partition coefficient (Wildman–Crippen LogP) is 1.65. The van der Waals surface area contributed by atoms with Crippen molar-refractivity contribution in [3.8, 4) is 5.75 Å². The van der Waals surface area contributed by atoms with Crippen LogP contribution in [0.2, 0.25) is 0 Å². The van der Waals surface area contributed by atoms with Gasteiger partial charge < -0.3 is 15.4 Å². The molecule has 1 saturated heterocycles. The van der Waals surface area contributed by atoms with E-state index >= 15 is 0 Å². The van der Waals surface area contributed by atoms with E-state index in [1.54, 1.807) is 7.05 Å². The average molecular weight is 516 g/mol. The molecule has 0 aliphatic carbocycles. The first kappa shape index (κ1) is 25.5. The van der Waals surface area contributed by atoms with Crippen LogP contribution >= 0.6 is 0 Å². The Morgan fingerprint density at radius 1 is 0.974 bits per heavy atom. The van der Waals surface area contributed by atoms with Gasteiger partial charge in [-0.05, 0) is 40.8 Å². The Morgan fingerprint density at radius 3 is 2.50 bits per heavy atom. The van der Waals surface area contributed by atoms with E-state index in [-0.39, 0.29) is 23.6 Å². The van der Waals surface area contributed by atoms with Crippen LogP contribution in [-0.4, -0.2) is 52.7 Å². The van der Waals surface area contributed by atoms with E-state index in [2.05, 4.69) is 28.0 Å². The molecule has 2 aromatic carbocycles. The molecule has 1 aromatic heterocycles. The van der Waals surface area contributed by atoms with Crippen molar-refractivity contribution in [2.24, 2.45) is 19.8 Å². The average Bonchev–Trinajstić information content (AvgIpc) is 3.06. The lowest BCUT2D eigenvalue weighted by Gasteiger charge is -2.36. The Labute approximate surface area is 221 Å². The third-order valence-electron chi connectivity index (χ3n) is 7.39. The minimum Gasteiger partial charge on any atom is -0.488 e. The van der Waals surface area contributed by atoms with Crippen LogP contribution in [0.3, 0.4) is 0 Å². The highest BCUT2D eigenvalue weighted by molar-refractivity contribution is 5.86. The molecule has 9 nitrogen and oxygen atoms in total. The number of hydrogen-bond acceptors (Lipinski definition) is 6. The van der Waals surface area contributed by atoms with Crippen LogP contribution in [0.15, 0.2) is 64.2 Å². The first-order valence-corrected chi connectivity index (χ1v) is 12.9. The topological polar surface area (TPSA) is 103 Å². The van der Waals surface area contributed by atoms with Gasteiger partial charge in [-0.2, -0.15) is 0 Å². The molecule has 2 aliphatic heterocycles. The molecule has 0 spiro atoms. The monoisotopic (exact) mass is 515 g/mol. The highest BCUT2D eigenvalue weighted by Gasteiger charge is 2.22. The maximum Gasteiger partial charge on any atom is 0.332 e. The highest BCUT2D eigenvalue weighted by atomic mass is 16.5. The summed E-state index contributed by atoms with van der Waals surface area (Å²) < 4.78 is 8.79. The summed E-state index contributed by atoms with van der Waals surface area (Å²) in [5, 5.41) is 0.